The standard InChI is InChI=1S/C23H26N4O/c1-26-18-11-12-19(26)14-17(13-18)24-23(28)22-25-20-9-5-6-10-21(20)27(22)15-16-7-3-2-4-8-16/h2-10,17-19H,11-15H2,1H3,(H,24,28)/t17?,18-,19+. The van der Waals surface area contributed by atoms with Crippen molar-refractivity contribution in [1.82, 2.24) is 19.8 Å². The van der Waals surface area contributed by atoms with Crippen LogP contribution < -0.4 is 5.32 Å². The molecule has 1 unspecified atom stereocenters. The number of amides is 1. The second-order valence-electron chi connectivity index (χ2n) is 8.19. The summed E-state index contributed by atoms with van der Waals surface area (Å²) in [5.74, 6) is 0.456. The van der Waals surface area contributed by atoms with E-state index in [1.165, 1.54) is 12.8 Å². The highest BCUT2D eigenvalue weighted by atomic mass is 16.2. The maximum Gasteiger partial charge on any atom is 0.287 e. The highest BCUT2D eigenvalue weighted by Gasteiger charge is 2.39. The van der Waals surface area contributed by atoms with Gasteiger partial charge in [0.15, 0.2) is 5.82 Å². The molecule has 3 heterocycles. The molecule has 28 heavy (non-hydrogen) atoms. The molecule has 1 amide bonds. The van der Waals surface area contributed by atoms with Crippen LogP contribution in [0.4, 0.5) is 0 Å². The number of aromatic nitrogens is 2. The first-order valence-corrected chi connectivity index (χ1v) is 10.2. The lowest BCUT2D eigenvalue weighted by molar-refractivity contribution is 0.0869. The van der Waals surface area contributed by atoms with Gasteiger partial charge in [0.1, 0.15) is 0 Å². The summed E-state index contributed by atoms with van der Waals surface area (Å²) in [6, 6.07) is 19.7. The summed E-state index contributed by atoms with van der Waals surface area (Å²) in [5.41, 5.74) is 3.03. The second kappa shape index (κ2) is 7.06. The largest absolute Gasteiger partial charge is 0.347 e. The Bertz CT molecular complexity index is 982. The van der Waals surface area contributed by atoms with Crippen LogP contribution in [0.3, 0.4) is 0 Å². The van der Waals surface area contributed by atoms with Crippen molar-refractivity contribution in [1.29, 1.82) is 0 Å². The van der Waals surface area contributed by atoms with E-state index in [0.717, 1.165) is 29.4 Å². The molecule has 5 nitrogen and oxygen atoms in total. The summed E-state index contributed by atoms with van der Waals surface area (Å²) in [6.07, 6.45) is 4.58. The van der Waals surface area contributed by atoms with Gasteiger partial charge in [-0.25, -0.2) is 4.98 Å². The molecule has 2 saturated heterocycles. The number of nitrogens with zero attached hydrogens (tertiary/aromatic N) is 3. The van der Waals surface area contributed by atoms with E-state index in [4.69, 9.17) is 0 Å². The lowest BCUT2D eigenvalue weighted by Crippen LogP contribution is -2.49. The summed E-state index contributed by atoms with van der Waals surface area (Å²) in [6.45, 7) is 0.642. The molecule has 2 aliphatic heterocycles. The minimum absolute atomic E-state index is 0.0546. The maximum absolute atomic E-state index is 13.2. The third-order valence-electron chi connectivity index (χ3n) is 6.47. The summed E-state index contributed by atoms with van der Waals surface area (Å²) >= 11 is 0. The van der Waals surface area contributed by atoms with Gasteiger partial charge < -0.3 is 14.8 Å². The fourth-order valence-electron chi connectivity index (χ4n) is 4.95. The van der Waals surface area contributed by atoms with E-state index in [2.05, 4.69) is 34.4 Å². The summed E-state index contributed by atoms with van der Waals surface area (Å²) < 4.78 is 2.05. The Morgan fingerprint density at radius 2 is 1.71 bits per heavy atom. The summed E-state index contributed by atoms with van der Waals surface area (Å²) in [7, 11) is 2.22. The average Bonchev–Trinajstić information content (AvgIpc) is 3.15. The number of carbonyl (C=O) groups is 1. The van der Waals surface area contributed by atoms with Crippen LogP contribution in [0.1, 0.15) is 41.9 Å². The molecule has 0 radical (unpaired) electrons. The molecule has 2 aromatic carbocycles. The molecule has 2 fully saturated rings. The molecule has 0 saturated carbocycles. The first kappa shape index (κ1) is 17.4. The lowest BCUT2D eigenvalue weighted by Gasteiger charge is -2.36. The molecule has 0 aliphatic carbocycles. The normalized spacial score (nSPS) is 24.5. The van der Waals surface area contributed by atoms with Gasteiger partial charge in [0, 0.05) is 24.7 Å². The number of carbonyl (C=O) groups excluding carboxylic acids is 1. The van der Waals surface area contributed by atoms with Crippen LogP contribution in [-0.4, -0.2) is 45.5 Å². The Kier molecular flexibility index (Phi) is 4.40. The van der Waals surface area contributed by atoms with Crippen LogP contribution in [0, 0.1) is 0 Å². The van der Waals surface area contributed by atoms with E-state index in [1.807, 2.05) is 47.0 Å². The Morgan fingerprint density at radius 3 is 2.46 bits per heavy atom. The van der Waals surface area contributed by atoms with E-state index in [0.29, 0.717) is 24.5 Å². The molecule has 5 rings (SSSR count). The van der Waals surface area contributed by atoms with E-state index < -0.39 is 0 Å². The number of rotatable bonds is 4. The van der Waals surface area contributed by atoms with Gasteiger partial charge in [-0.05, 0) is 50.4 Å². The van der Waals surface area contributed by atoms with Crippen molar-refractivity contribution in [3.8, 4) is 0 Å². The van der Waals surface area contributed by atoms with Crippen LogP contribution in [0.15, 0.2) is 54.6 Å². The molecule has 144 valence electrons. The third-order valence-corrected chi connectivity index (χ3v) is 6.47. The Balaban J connectivity index is 1.43. The van der Waals surface area contributed by atoms with Crippen LogP contribution in [0.25, 0.3) is 11.0 Å². The average molecular weight is 374 g/mol. The Labute approximate surface area is 165 Å². The van der Waals surface area contributed by atoms with Crippen molar-refractivity contribution < 1.29 is 4.79 Å². The van der Waals surface area contributed by atoms with Crippen molar-refractivity contribution in [2.45, 2.75) is 50.4 Å². The van der Waals surface area contributed by atoms with E-state index in [1.54, 1.807) is 0 Å². The lowest BCUT2D eigenvalue weighted by atomic mass is 9.98. The van der Waals surface area contributed by atoms with Crippen LogP contribution in [0.2, 0.25) is 0 Å². The molecule has 5 heteroatoms. The first-order valence-electron chi connectivity index (χ1n) is 10.2. The van der Waals surface area contributed by atoms with Crippen molar-refractivity contribution in [3.05, 3.63) is 66.0 Å². The van der Waals surface area contributed by atoms with Gasteiger partial charge in [0.25, 0.3) is 5.91 Å². The highest BCUT2D eigenvalue weighted by molar-refractivity contribution is 5.95. The third kappa shape index (κ3) is 3.10. The maximum atomic E-state index is 13.2. The number of nitrogens with one attached hydrogen (secondary N) is 1. The van der Waals surface area contributed by atoms with Gasteiger partial charge in [-0.15, -0.1) is 0 Å². The summed E-state index contributed by atoms with van der Waals surface area (Å²) in [5, 5.41) is 3.29. The van der Waals surface area contributed by atoms with Crippen LogP contribution >= 0.6 is 0 Å². The van der Waals surface area contributed by atoms with E-state index >= 15 is 0 Å². The zero-order valence-corrected chi connectivity index (χ0v) is 16.2. The van der Waals surface area contributed by atoms with Crippen LogP contribution in [0.5, 0.6) is 0 Å². The number of hydrogen-bond acceptors (Lipinski definition) is 3. The molecule has 3 atom stereocenters. The molecular weight excluding hydrogens is 348 g/mol. The zero-order valence-electron chi connectivity index (χ0n) is 16.2. The number of hydrogen-bond donors (Lipinski definition) is 1. The zero-order chi connectivity index (χ0) is 19.1. The molecule has 3 aromatic rings. The van der Waals surface area contributed by atoms with E-state index in [-0.39, 0.29) is 11.9 Å². The van der Waals surface area contributed by atoms with E-state index in [9.17, 15) is 4.79 Å². The molecular formula is C23H26N4O. The smallest absolute Gasteiger partial charge is 0.287 e. The monoisotopic (exact) mass is 374 g/mol. The van der Waals surface area contributed by atoms with Gasteiger partial charge in [0.05, 0.1) is 11.0 Å². The Morgan fingerprint density at radius 1 is 1.04 bits per heavy atom. The topological polar surface area (TPSA) is 50.2 Å². The van der Waals surface area contributed by atoms with Crippen LogP contribution in [-0.2, 0) is 6.54 Å². The minimum Gasteiger partial charge on any atom is -0.347 e. The highest BCUT2D eigenvalue weighted by Crippen LogP contribution is 2.34. The van der Waals surface area contributed by atoms with Gasteiger partial charge in [0.2, 0.25) is 0 Å². The second-order valence-corrected chi connectivity index (χ2v) is 8.19. The molecule has 0 spiro atoms. The van der Waals surface area contributed by atoms with Gasteiger partial charge in [-0.3, -0.25) is 4.79 Å². The minimum atomic E-state index is -0.0546. The first-order chi connectivity index (χ1) is 13.7. The molecule has 1 N–H and O–H groups in total. The quantitative estimate of drug-likeness (QED) is 0.761. The Hall–Kier alpha value is -2.66. The predicted molar refractivity (Wildman–Crippen MR) is 110 cm³/mol. The van der Waals surface area contributed by atoms with Crippen molar-refractivity contribution in [2.75, 3.05) is 7.05 Å². The van der Waals surface area contributed by atoms with Crippen molar-refractivity contribution in [2.24, 2.45) is 0 Å². The SMILES string of the molecule is CN1[C@@H]2CC[C@H]1CC(NC(=O)c1nc3ccccc3n1Cc1ccccc1)C2. The number of benzene rings is 2. The predicted octanol–water partition coefficient (Wildman–Crippen LogP) is 3.44. The number of piperidine rings is 1. The van der Waals surface area contributed by atoms with Crippen molar-refractivity contribution in [3.63, 3.8) is 0 Å². The number of fused-ring (bicyclic) bond motifs is 3. The van der Waals surface area contributed by atoms with Gasteiger partial charge >= 0.3 is 0 Å². The summed E-state index contributed by atoms with van der Waals surface area (Å²) in [4.78, 5) is 20.4. The fourth-order valence-corrected chi connectivity index (χ4v) is 4.95. The number of para-hydroxylation sites is 2. The number of imidazole rings is 1. The van der Waals surface area contributed by atoms with Gasteiger partial charge in [-0.2, -0.15) is 0 Å². The van der Waals surface area contributed by atoms with Gasteiger partial charge in [-0.1, -0.05) is 42.5 Å². The molecule has 2 aliphatic rings. The van der Waals surface area contributed by atoms with Crippen molar-refractivity contribution >= 4 is 16.9 Å². The fraction of sp³-hybridized carbons (Fsp3) is 0.391. The molecule has 1 aromatic heterocycles. The molecule has 2 bridgehead atoms.